The van der Waals surface area contributed by atoms with Crippen molar-refractivity contribution in [1.29, 1.82) is 0 Å². The van der Waals surface area contributed by atoms with Gasteiger partial charge in [0.1, 0.15) is 6.10 Å². The zero-order valence-corrected chi connectivity index (χ0v) is 15.9. The van der Waals surface area contributed by atoms with E-state index >= 15 is 0 Å². The predicted molar refractivity (Wildman–Crippen MR) is 92.9 cm³/mol. The maximum atomic E-state index is 12.5. The Morgan fingerprint density at radius 3 is 2.76 bits per heavy atom. The molecule has 1 aliphatic heterocycles. The normalized spacial score (nSPS) is 34.9. The van der Waals surface area contributed by atoms with E-state index in [1.54, 1.807) is 6.07 Å². The van der Waals surface area contributed by atoms with E-state index in [-0.39, 0.29) is 39.3 Å². The second-order valence-electron chi connectivity index (χ2n) is 6.62. The molecule has 6 atom stereocenters. The first-order valence-electron chi connectivity index (χ1n) is 7.88. The molecule has 8 heteroatoms. The smallest absolute Gasteiger partial charge is 0.310 e. The van der Waals surface area contributed by atoms with Gasteiger partial charge in [0.25, 0.3) is 0 Å². The van der Waals surface area contributed by atoms with Gasteiger partial charge in [0.05, 0.1) is 21.7 Å². The quantitative estimate of drug-likeness (QED) is 0.402. The Bertz CT molecular complexity index is 782. The number of carbonyl (C=O) groups is 3. The summed E-state index contributed by atoms with van der Waals surface area (Å²) in [7, 11) is 0. The number of hydrogen-bond acceptors (Lipinski definition) is 5. The number of hydrogen-bond donors (Lipinski definition) is 0. The first kappa shape index (κ1) is 17.3. The number of benzene rings is 1. The Morgan fingerprint density at radius 2 is 2.04 bits per heavy atom. The van der Waals surface area contributed by atoms with Crippen molar-refractivity contribution in [1.82, 2.24) is 0 Å². The van der Waals surface area contributed by atoms with Gasteiger partial charge in [-0.25, -0.2) is 0 Å². The van der Waals surface area contributed by atoms with E-state index in [2.05, 4.69) is 15.9 Å². The van der Waals surface area contributed by atoms with E-state index in [0.29, 0.717) is 5.02 Å². The standard InChI is InChI=1S/C17H13BrCl2O5/c18-14-8-4-9-13(17(23)25-15(9)14)12(8)16(22)24-5-11(21)7-2-1-6(19)3-10(7)20/h1-3,8-9,12-15H,4-5H2. The van der Waals surface area contributed by atoms with Gasteiger partial charge in [-0.2, -0.15) is 0 Å². The van der Waals surface area contributed by atoms with Crippen LogP contribution in [0.2, 0.25) is 10.0 Å². The summed E-state index contributed by atoms with van der Waals surface area (Å²) in [4.78, 5) is 36.8. The highest BCUT2D eigenvalue weighted by Gasteiger charge is 2.68. The van der Waals surface area contributed by atoms with Crippen LogP contribution in [-0.4, -0.2) is 35.3 Å². The molecule has 25 heavy (non-hydrogen) atoms. The Morgan fingerprint density at radius 1 is 1.28 bits per heavy atom. The average Bonchev–Trinajstić information content (AvgIpc) is 3.16. The van der Waals surface area contributed by atoms with Crippen molar-refractivity contribution in [2.45, 2.75) is 17.4 Å². The van der Waals surface area contributed by atoms with Gasteiger partial charge in [0.15, 0.2) is 6.61 Å². The molecule has 1 heterocycles. The number of esters is 2. The number of alkyl halides is 1. The second kappa shape index (κ2) is 6.25. The second-order valence-corrected chi connectivity index (χ2v) is 8.52. The van der Waals surface area contributed by atoms with Crippen LogP contribution in [0, 0.1) is 23.7 Å². The maximum Gasteiger partial charge on any atom is 0.310 e. The molecule has 1 saturated heterocycles. The first-order chi connectivity index (χ1) is 11.9. The molecule has 3 fully saturated rings. The van der Waals surface area contributed by atoms with Crippen molar-refractivity contribution < 1.29 is 23.9 Å². The SMILES string of the molecule is O=C(COC(=O)C1C2CC3C(OC(=O)C31)C2Br)c1ccc(Cl)cc1Cl. The van der Waals surface area contributed by atoms with Crippen LogP contribution in [0.15, 0.2) is 18.2 Å². The van der Waals surface area contributed by atoms with Crippen LogP contribution >= 0.6 is 39.1 Å². The van der Waals surface area contributed by atoms with Crippen molar-refractivity contribution in [3.63, 3.8) is 0 Å². The van der Waals surface area contributed by atoms with E-state index in [4.69, 9.17) is 32.7 Å². The summed E-state index contributed by atoms with van der Waals surface area (Å²) in [6, 6.07) is 4.49. The number of rotatable bonds is 4. The highest BCUT2D eigenvalue weighted by Crippen LogP contribution is 2.60. The minimum Gasteiger partial charge on any atom is -0.461 e. The average molecular weight is 448 g/mol. The van der Waals surface area contributed by atoms with Crippen LogP contribution in [0.1, 0.15) is 16.8 Å². The summed E-state index contributed by atoms with van der Waals surface area (Å²) in [5.41, 5.74) is 0.241. The molecule has 0 radical (unpaired) electrons. The van der Waals surface area contributed by atoms with E-state index < -0.39 is 30.2 Å². The van der Waals surface area contributed by atoms with Crippen molar-refractivity contribution in [2.75, 3.05) is 6.61 Å². The molecule has 1 aromatic carbocycles. The topological polar surface area (TPSA) is 69.7 Å². The van der Waals surface area contributed by atoms with Crippen molar-refractivity contribution in [3.8, 4) is 0 Å². The Labute approximate surface area is 162 Å². The summed E-state index contributed by atoms with van der Waals surface area (Å²) in [5.74, 6) is -2.25. The van der Waals surface area contributed by atoms with E-state index in [9.17, 15) is 14.4 Å². The van der Waals surface area contributed by atoms with E-state index in [1.165, 1.54) is 12.1 Å². The monoisotopic (exact) mass is 446 g/mol. The molecule has 0 amide bonds. The Hall–Kier alpha value is -1.11. The summed E-state index contributed by atoms with van der Waals surface area (Å²) in [6.45, 7) is -0.424. The summed E-state index contributed by atoms with van der Waals surface area (Å²) in [5, 5.41) is 0.620. The molecule has 2 saturated carbocycles. The van der Waals surface area contributed by atoms with Gasteiger partial charge in [0, 0.05) is 16.5 Å². The largest absolute Gasteiger partial charge is 0.461 e. The molecule has 6 unspecified atom stereocenters. The van der Waals surface area contributed by atoms with Crippen molar-refractivity contribution >= 4 is 56.9 Å². The van der Waals surface area contributed by atoms with Gasteiger partial charge in [-0.1, -0.05) is 39.1 Å². The highest BCUT2D eigenvalue weighted by molar-refractivity contribution is 9.09. The van der Waals surface area contributed by atoms with E-state index in [0.717, 1.165) is 6.42 Å². The summed E-state index contributed by atoms with van der Waals surface area (Å²) in [6.07, 6.45) is 0.606. The van der Waals surface area contributed by atoms with Crippen molar-refractivity contribution in [2.24, 2.45) is 23.7 Å². The van der Waals surface area contributed by atoms with Crippen LogP contribution in [0.4, 0.5) is 0 Å². The van der Waals surface area contributed by atoms with Gasteiger partial charge in [-0.15, -0.1) is 0 Å². The third kappa shape index (κ3) is 2.69. The van der Waals surface area contributed by atoms with Crippen LogP contribution in [0.5, 0.6) is 0 Å². The molecule has 2 bridgehead atoms. The number of ketones is 1. The molecule has 5 nitrogen and oxygen atoms in total. The first-order valence-corrected chi connectivity index (χ1v) is 9.55. The molecule has 0 spiro atoms. The lowest BCUT2D eigenvalue weighted by Crippen LogP contribution is -2.39. The van der Waals surface area contributed by atoms with Gasteiger partial charge in [0.2, 0.25) is 5.78 Å². The summed E-state index contributed by atoms with van der Waals surface area (Å²) < 4.78 is 10.6. The molecule has 2 aliphatic carbocycles. The summed E-state index contributed by atoms with van der Waals surface area (Å²) >= 11 is 15.3. The van der Waals surface area contributed by atoms with Gasteiger partial charge in [-0.3, -0.25) is 14.4 Å². The molecule has 132 valence electrons. The Kier molecular flexibility index (Phi) is 4.33. The van der Waals surface area contributed by atoms with Gasteiger partial charge >= 0.3 is 11.9 Å². The molecule has 1 aromatic rings. The molecule has 0 N–H and O–H groups in total. The molecular formula is C17H13BrCl2O5. The van der Waals surface area contributed by atoms with Crippen LogP contribution < -0.4 is 0 Å². The van der Waals surface area contributed by atoms with E-state index in [1.807, 2.05) is 0 Å². The number of halogens is 3. The molecule has 0 aromatic heterocycles. The Balaban J connectivity index is 1.44. The molecule has 4 rings (SSSR count). The number of fused-ring (bicyclic) bond motifs is 1. The van der Waals surface area contributed by atoms with Gasteiger partial charge in [-0.05, 0) is 30.5 Å². The minimum absolute atomic E-state index is 0.00632. The van der Waals surface area contributed by atoms with Crippen LogP contribution in [0.25, 0.3) is 0 Å². The zero-order chi connectivity index (χ0) is 17.9. The fraction of sp³-hybridized carbons (Fsp3) is 0.471. The van der Waals surface area contributed by atoms with Crippen LogP contribution in [0.3, 0.4) is 0 Å². The molecule has 3 aliphatic rings. The maximum absolute atomic E-state index is 12.5. The van der Waals surface area contributed by atoms with Crippen molar-refractivity contribution in [3.05, 3.63) is 33.8 Å². The third-order valence-corrected chi connectivity index (χ3v) is 7.12. The zero-order valence-electron chi connectivity index (χ0n) is 12.8. The number of Topliss-reactive ketones (excluding diaryl/α,β-unsaturated/α-hetero) is 1. The lowest BCUT2D eigenvalue weighted by molar-refractivity contribution is -0.154. The van der Waals surface area contributed by atoms with Crippen LogP contribution in [-0.2, 0) is 19.1 Å². The number of ether oxygens (including phenoxy) is 2. The third-order valence-electron chi connectivity index (χ3n) is 5.37. The fourth-order valence-electron chi connectivity index (χ4n) is 4.32. The minimum atomic E-state index is -0.561. The highest BCUT2D eigenvalue weighted by atomic mass is 79.9. The predicted octanol–water partition coefficient (Wildman–Crippen LogP) is 3.29. The fourth-order valence-corrected chi connectivity index (χ4v) is 5.88. The number of carbonyl (C=O) groups excluding carboxylic acids is 3. The lowest BCUT2D eigenvalue weighted by atomic mass is 9.80. The molecular weight excluding hydrogens is 435 g/mol. The van der Waals surface area contributed by atoms with Gasteiger partial charge < -0.3 is 9.47 Å². The lowest BCUT2D eigenvalue weighted by Gasteiger charge is -2.26.